The van der Waals surface area contributed by atoms with Crippen LogP contribution in [0.25, 0.3) is 0 Å². The van der Waals surface area contributed by atoms with Crippen LogP contribution in [0.2, 0.25) is 5.02 Å². The summed E-state index contributed by atoms with van der Waals surface area (Å²) >= 11 is 5.97. The van der Waals surface area contributed by atoms with Gasteiger partial charge in [-0.3, -0.25) is 19.7 Å². The van der Waals surface area contributed by atoms with Crippen molar-refractivity contribution in [1.82, 2.24) is 4.90 Å². The van der Waals surface area contributed by atoms with E-state index in [4.69, 9.17) is 11.6 Å². The van der Waals surface area contributed by atoms with E-state index in [-0.39, 0.29) is 28.7 Å². The lowest BCUT2D eigenvalue weighted by Crippen LogP contribution is -2.35. The first kappa shape index (κ1) is 19.4. The number of halogens is 1. The molecule has 2 amide bonds. The van der Waals surface area contributed by atoms with E-state index >= 15 is 0 Å². The molecule has 0 heterocycles. The Morgan fingerprint density at radius 1 is 1.23 bits per heavy atom. The van der Waals surface area contributed by atoms with Crippen molar-refractivity contribution in [2.45, 2.75) is 13.8 Å². The minimum Gasteiger partial charge on any atom is -0.332 e. The van der Waals surface area contributed by atoms with Crippen LogP contribution in [0.5, 0.6) is 0 Å². The molecule has 1 N–H and O–H groups in total. The Bertz CT molecular complexity index is 883. The maximum Gasteiger partial charge on any atom is 0.270 e. The van der Waals surface area contributed by atoms with Crippen molar-refractivity contribution < 1.29 is 14.5 Å². The number of nitro benzene ring substituents is 1. The largest absolute Gasteiger partial charge is 0.332 e. The number of non-ortho nitro benzene ring substituents is 1. The van der Waals surface area contributed by atoms with Crippen LogP contribution in [-0.2, 0) is 4.79 Å². The number of likely N-dealkylation sites (N-methyl/N-ethyl adjacent to an activating group) is 1. The molecule has 8 heteroatoms. The van der Waals surface area contributed by atoms with Crippen LogP contribution in [0, 0.1) is 24.0 Å². The molecule has 0 unspecified atom stereocenters. The summed E-state index contributed by atoms with van der Waals surface area (Å²) in [6, 6.07) is 9.15. The van der Waals surface area contributed by atoms with E-state index in [1.165, 1.54) is 19.2 Å². The zero-order valence-electron chi connectivity index (χ0n) is 14.6. The van der Waals surface area contributed by atoms with Crippen LogP contribution in [0.1, 0.15) is 21.5 Å². The predicted molar refractivity (Wildman–Crippen MR) is 99.6 cm³/mol. The Morgan fingerprint density at radius 2 is 1.92 bits per heavy atom. The highest BCUT2D eigenvalue weighted by atomic mass is 35.5. The summed E-state index contributed by atoms with van der Waals surface area (Å²) in [7, 11) is 1.43. The van der Waals surface area contributed by atoms with Crippen molar-refractivity contribution in [2.75, 3.05) is 18.9 Å². The third-order valence-corrected chi connectivity index (χ3v) is 4.33. The molecular weight excluding hydrogens is 358 g/mol. The number of amides is 2. The summed E-state index contributed by atoms with van der Waals surface area (Å²) in [6.07, 6.45) is 0. The van der Waals surface area contributed by atoms with Gasteiger partial charge in [0.2, 0.25) is 5.91 Å². The van der Waals surface area contributed by atoms with Gasteiger partial charge in [0.25, 0.3) is 11.6 Å². The molecule has 0 bridgehead atoms. The molecule has 0 aliphatic rings. The van der Waals surface area contributed by atoms with Gasteiger partial charge in [-0.2, -0.15) is 0 Å². The number of nitro groups is 1. The Balaban J connectivity index is 2.11. The van der Waals surface area contributed by atoms with Gasteiger partial charge < -0.3 is 10.2 Å². The van der Waals surface area contributed by atoms with Gasteiger partial charge in [0, 0.05) is 24.9 Å². The number of nitrogens with zero attached hydrogens (tertiary/aromatic N) is 2. The number of carbonyl (C=O) groups excluding carboxylic acids is 2. The summed E-state index contributed by atoms with van der Waals surface area (Å²) < 4.78 is 0. The number of hydrogen-bond donors (Lipinski definition) is 1. The minimum absolute atomic E-state index is 0.0251. The van der Waals surface area contributed by atoms with Gasteiger partial charge in [-0.1, -0.05) is 23.7 Å². The fourth-order valence-corrected chi connectivity index (χ4v) is 2.56. The maximum absolute atomic E-state index is 12.5. The average Bonchev–Trinajstić information content (AvgIpc) is 2.58. The van der Waals surface area contributed by atoms with Crippen LogP contribution < -0.4 is 5.32 Å². The monoisotopic (exact) mass is 375 g/mol. The van der Waals surface area contributed by atoms with E-state index in [1.54, 1.807) is 6.07 Å². The van der Waals surface area contributed by atoms with Gasteiger partial charge in [-0.25, -0.2) is 0 Å². The molecule has 136 valence electrons. The summed E-state index contributed by atoms with van der Waals surface area (Å²) in [5, 5.41) is 13.7. The normalized spacial score (nSPS) is 10.3. The molecule has 2 aromatic carbocycles. The summed E-state index contributed by atoms with van der Waals surface area (Å²) in [6.45, 7) is 3.61. The maximum atomic E-state index is 12.5. The Labute approximate surface area is 155 Å². The highest BCUT2D eigenvalue weighted by molar-refractivity contribution is 6.34. The molecular formula is C18H18ClN3O4. The third-order valence-electron chi connectivity index (χ3n) is 4.00. The number of benzene rings is 2. The van der Waals surface area contributed by atoms with Gasteiger partial charge >= 0.3 is 0 Å². The number of aryl methyl sites for hydroxylation is 1. The van der Waals surface area contributed by atoms with E-state index in [0.29, 0.717) is 5.69 Å². The summed E-state index contributed by atoms with van der Waals surface area (Å²) in [5.74, 6) is -0.953. The quantitative estimate of drug-likeness (QED) is 0.638. The van der Waals surface area contributed by atoms with Gasteiger partial charge in [0.05, 0.1) is 22.1 Å². The number of rotatable bonds is 5. The Hall–Kier alpha value is -2.93. The second-order valence-corrected chi connectivity index (χ2v) is 6.29. The second kappa shape index (κ2) is 7.97. The molecule has 0 radical (unpaired) electrons. The first-order valence-electron chi connectivity index (χ1n) is 7.76. The fourth-order valence-electron chi connectivity index (χ4n) is 2.36. The van der Waals surface area contributed by atoms with Crippen molar-refractivity contribution in [3.63, 3.8) is 0 Å². The minimum atomic E-state index is -0.611. The van der Waals surface area contributed by atoms with E-state index in [9.17, 15) is 19.7 Å². The molecule has 0 fully saturated rings. The number of nitrogens with one attached hydrogen (secondary N) is 1. The van der Waals surface area contributed by atoms with Crippen molar-refractivity contribution in [1.29, 1.82) is 0 Å². The van der Waals surface area contributed by atoms with Crippen molar-refractivity contribution >= 4 is 34.8 Å². The molecule has 0 saturated heterocycles. The molecule has 26 heavy (non-hydrogen) atoms. The molecule has 0 saturated carbocycles. The molecule has 7 nitrogen and oxygen atoms in total. The van der Waals surface area contributed by atoms with Crippen LogP contribution in [0.4, 0.5) is 11.4 Å². The Kier molecular flexibility index (Phi) is 5.94. The standard InChI is InChI=1S/C18H18ClN3O4/c1-11-5-4-6-16(12(11)2)20-17(23)10-21(3)18(24)14-9-13(22(25)26)7-8-15(14)19/h4-9H,10H2,1-3H3,(H,20,23). The highest BCUT2D eigenvalue weighted by Crippen LogP contribution is 2.23. The fraction of sp³-hybridized carbons (Fsp3) is 0.222. The van der Waals surface area contributed by atoms with Gasteiger partial charge in [-0.15, -0.1) is 0 Å². The zero-order chi connectivity index (χ0) is 19.4. The lowest BCUT2D eigenvalue weighted by molar-refractivity contribution is -0.384. The molecule has 0 atom stereocenters. The second-order valence-electron chi connectivity index (χ2n) is 5.88. The lowest BCUT2D eigenvalue weighted by atomic mass is 10.1. The van der Waals surface area contributed by atoms with Gasteiger partial charge in [0.15, 0.2) is 0 Å². The molecule has 0 spiro atoms. The van der Waals surface area contributed by atoms with Gasteiger partial charge in [0.1, 0.15) is 0 Å². The number of hydrogen-bond acceptors (Lipinski definition) is 4. The van der Waals surface area contributed by atoms with E-state index in [2.05, 4.69) is 5.32 Å². The highest BCUT2D eigenvalue weighted by Gasteiger charge is 2.21. The van der Waals surface area contributed by atoms with Crippen LogP contribution >= 0.6 is 11.6 Å². The molecule has 2 rings (SSSR count). The first-order valence-corrected chi connectivity index (χ1v) is 8.14. The molecule has 0 aromatic heterocycles. The predicted octanol–water partition coefficient (Wildman–Crippen LogP) is 3.58. The van der Waals surface area contributed by atoms with Crippen molar-refractivity contribution in [3.8, 4) is 0 Å². The van der Waals surface area contributed by atoms with Crippen LogP contribution in [0.15, 0.2) is 36.4 Å². The molecule has 2 aromatic rings. The summed E-state index contributed by atoms with van der Waals surface area (Å²) in [4.78, 5) is 36.1. The van der Waals surface area contributed by atoms with E-state index < -0.39 is 10.8 Å². The lowest BCUT2D eigenvalue weighted by Gasteiger charge is -2.18. The first-order chi connectivity index (χ1) is 12.2. The zero-order valence-corrected chi connectivity index (χ0v) is 15.3. The topological polar surface area (TPSA) is 92.6 Å². The van der Waals surface area contributed by atoms with Gasteiger partial charge in [-0.05, 0) is 37.1 Å². The molecule has 0 aliphatic heterocycles. The smallest absolute Gasteiger partial charge is 0.270 e. The van der Waals surface area contributed by atoms with Crippen LogP contribution in [-0.4, -0.2) is 35.2 Å². The average molecular weight is 376 g/mol. The molecule has 0 aliphatic carbocycles. The van der Waals surface area contributed by atoms with Crippen LogP contribution in [0.3, 0.4) is 0 Å². The van der Waals surface area contributed by atoms with Crippen molar-refractivity contribution in [2.24, 2.45) is 0 Å². The summed E-state index contributed by atoms with van der Waals surface area (Å²) in [5.41, 5.74) is 2.38. The van der Waals surface area contributed by atoms with E-state index in [0.717, 1.165) is 22.1 Å². The SMILES string of the molecule is Cc1cccc(NC(=O)CN(C)C(=O)c2cc([N+](=O)[O-])ccc2Cl)c1C. The number of anilines is 1. The van der Waals surface area contributed by atoms with E-state index in [1.807, 2.05) is 26.0 Å². The number of carbonyl (C=O) groups is 2. The third kappa shape index (κ3) is 4.37. The van der Waals surface area contributed by atoms with Crippen molar-refractivity contribution in [3.05, 3.63) is 68.2 Å². The Morgan fingerprint density at radius 3 is 2.58 bits per heavy atom.